The quantitative estimate of drug-likeness (QED) is 0.835. The molecule has 4 rings (SSSR count). The Morgan fingerprint density at radius 3 is 2.75 bits per heavy atom. The fraction of sp³-hybridized carbons (Fsp3) is 0.545. The molecule has 28 heavy (non-hydrogen) atoms. The second-order valence-corrected chi connectivity index (χ2v) is 8.34. The number of aryl methyl sites for hydroxylation is 1. The normalized spacial score (nSPS) is 26.9. The van der Waals surface area contributed by atoms with Crippen molar-refractivity contribution >= 4 is 5.91 Å². The van der Waals surface area contributed by atoms with Crippen molar-refractivity contribution in [1.82, 2.24) is 24.9 Å². The van der Waals surface area contributed by atoms with Crippen LogP contribution in [0.4, 0.5) is 0 Å². The van der Waals surface area contributed by atoms with Crippen LogP contribution in [0, 0.1) is 5.92 Å². The maximum absolute atomic E-state index is 12.3. The Morgan fingerprint density at radius 1 is 1.25 bits per heavy atom. The molecule has 0 radical (unpaired) electrons. The first kappa shape index (κ1) is 19.2. The van der Waals surface area contributed by atoms with Gasteiger partial charge < -0.3 is 10.2 Å². The average molecular weight is 382 g/mol. The Balaban J connectivity index is 1.34. The minimum absolute atomic E-state index is 0.120. The van der Waals surface area contributed by atoms with Gasteiger partial charge in [-0.1, -0.05) is 30.3 Å². The first-order valence-corrected chi connectivity index (χ1v) is 10.3. The standard InChI is InChI=1S/C22H31N5O/c1-16(17-7-5-4-6-8-17)27-10-9-20(15-27)23-12-18-11-21(28)26(3)22(18)19-13-24-25(2)14-19/h4-8,13-14,16,18,20,22-23H,9-12,15H2,1-3H3/t16-,18+,20+,22-/m1/s1. The lowest BCUT2D eigenvalue weighted by Crippen LogP contribution is -2.37. The molecule has 0 saturated carbocycles. The summed E-state index contributed by atoms with van der Waals surface area (Å²) in [7, 11) is 3.84. The molecule has 1 aromatic carbocycles. The Labute approximate surface area is 167 Å². The predicted octanol–water partition coefficient (Wildman–Crippen LogP) is 2.36. The van der Waals surface area contributed by atoms with E-state index in [1.54, 1.807) is 0 Å². The van der Waals surface area contributed by atoms with E-state index in [0.29, 0.717) is 24.4 Å². The number of carbonyl (C=O) groups is 1. The number of likely N-dealkylation sites (tertiary alicyclic amines) is 2. The van der Waals surface area contributed by atoms with E-state index in [-0.39, 0.29) is 11.9 Å². The summed E-state index contributed by atoms with van der Waals surface area (Å²) in [6.07, 6.45) is 5.70. The lowest BCUT2D eigenvalue weighted by Gasteiger charge is -2.26. The molecule has 2 aromatic rings. The average Bonchev–Trinajstić information content (AvgIpc) is 3.41. The number of carbonyl (C=O) groups excluding carboxylic acids is 1. The van der Waals surface area contributed by atoms with Gasteiger partial charge >= 0.3 is 0 Å². The molecule has 4 atom stereocenters. The highest BCUT2D eigenvalue weighted by atomic mass is 16.2. The summed E-state index contributed by atoms with van der Waals surface area (Å²) in [5.74, 6) is 0.522. The molecule has 2 fully saturated rings. The van der Waals surface area contributed by atoms with Crippen molar-refractivity contribution in [1.29, 1.82) is 0 Å². The summed E-state index contributed by atoms with van der Waals surface area (Å²) in [5.41, 5.74) is 2.51. The van der Waals surface area contributed by atoms with Crippen molar-refractivity contribution in [2.45, 2.75) is 37.9 Å². The van der Waals surface area contributed by atoms with Crippen molar-refractivity contribution in [2.75, 3.05) is 26.7 Å². The Bertz CT molecular complexity index is 804. The van der Waals surface area contributed by atoms with E-state index in [4.69, 9.17) is 0 Å². The third-order valence-corrected chi connectivity index (χ3v) is 6.48. The Morgan fingerprint density at radius 2 is 2.04 bits per heavy atom. The van der Waals surface area contributed by atoms with Crippen LogP contribution in [0.3, 0.4) is 0 Å². The molecule has 150 valence electrons. The highest BCUT2D eigenvalue weighted by Gasteiger charge is 2.39. The topological polar surface area (TPSA) is 53.4 Å². The molecule has 3 heterocycles. The monoisotopic (exact) mass is 381 g/mol. The molecule has 6 nitrogen and oxygen atoms in total. The molecule has 0 unspecified atom stereocenters. The summed E-state index contributed by atoms with van der Waals surface area (Å²) in [4.78, 5) is 16.8. The highest BCUT2D eigenvalue weighted by molar-refractivity contribution is 5.79. The van der Waals surface area contributed by atoms with Crippen LogP contribution in [-0.2, 0) is 11.8 Å². The number of hydrogen-bond donors (Lipinski definition) is 1. The fourth-order valence-electron chi connectivity index (χ4n) is 4.79. The van der Waals surface area contributed by atoms with Crippen LogP contribution < -0.4 is 5.32 Å². The minimum Gasteiger partial charge on any atom is -0.338 e. The fourth-order valence-corrected chi connectivity index (χ4v) is 4.79. The van der Waals surface area contributed by atoms with Crippen LogP contribution in [0.5, 0.6) is 0 Å². The van der Waals surface area contributed by atoms with Crippen molar-refractivity contribution in [3.05, 3.63) is 53.9 Å². The van der Waals surface area contributed by atoms with Crippen LogP contribution in [0.15, 0.2) is 42.7 Å². The largest absolute Gasteiger partial charge is 0.338 e. The van der Waals surface area contributed by atoms with Gasteiger partial charge in [0.15, 0.2) is 0 Å². The van der Waals surface area contributed by atoms with Gasteiger partial charge in [-0.15, -0.1) is 0 Å². The minimum atomic E-state index is 0.120. The maximum atomic E-state index is 12.3. The smallest absolute Gasteiger partial charge is 0.223 e. The number of nitrogens with zero attached hydrogens (tertiary/aromatic N) is 4. The van der Waals surface area contributed by atoms with E-state index >= 15 is 0 Å². The van der Waals surface area contributed by atoms with Gasteiger partial charge in [0.2, 0.25) is 5.91 Å². The van der Waals surface area contributed by atoms with Crippen molar-refractivity contribution in [3.63, 3.8) is 0 Å². The Kier molecular flexibility index (Phi) is 5.51. The molecular formula is C22H31N5O. The second kappa shape index (κ2) is 8.05. The van der Waals surface area contributed by atoms with E-state index in [1.807, 2.05) is 36.1 Å². The molecule has 0 bridgehead atoms. The van der Waals surface area contributed by atoms with E-state index in [1.165, 1.54) is 5.56 Å². The van der Waals surface area contributed by atoms with Crippen LogP contribution in [-0.4, -0.2) is 58.2 Å². The Hall–Kier alpha value is -2.18. The SMILES string of the molecule is C[C@H](c1ccccc1)N1CC[C@H](NC[C@@H]2CC(=O)N(C)[C@H]2c2cnn(C)c2)C1. The van der Waals surface area contributed by atoms with Crippen LogP contribution >= 0.6 is 0 Å². The van der Waals surface area contributed by atoms with Gasteiger partial charge in [0.05, 0.1) is 12.2 Å². The van der Waals surface area contributed by atoms with E-state index < -0.39 is 0 Å². The van der Waals surface area contributed by atoms with Crippen molar-refractivity contribution in [3.8, 4) is 0 Å². The van der Waals surface area contributed by atoms with Crippen molar-refractivity contribution in [2.24, 2.45) is 13.0 Å². The molecule has 6 heteroatoms. The first-order valence-electron chi connectivity index (χ1n) is 10.3. The molecule has 1 amide bonds. The molecule has 2 aliphatic heterocycles. The van der Waals surface area contributed by atoms with Gasteiger partial charge in [-0.3, -0.25) is 14.4 Å². The molecule has 0 spiro atoms. The summed E-state index contributed by atoms with van der Waals surface area (Å²) < 4.78 is 1.82. The third-order valence-electron chi connectivity index (χ3n) is 6.48. The van der Waals surface area contributed by atoms with E-state index in [9.17, 15) is 4.79 Å². The number of amides is 1. The van der Waals surface area contributed by atoms with Gasteiger partial charge in [-0.2, -0.15) is 5.10 Å². The molecule has 2 saturated heterocycles. The first-order chi connectivity index (χ1) is 13.5. The number of aromatic nitrogens is 2. The lowest BCUT2D eigenvalue weighted by atomic mass is 9.95. The summed E-state index contributed by atoms with van der Waals surface area (Å²) in [6.45, 7) is 5.34. The number of nitrogens with one attached hydrogen (secondary N) is 1. The van der Waals surface area contributed by atoms with Gasteiger partial charge in [0, 0.05) is 69.9 Å². The summed E-state index contributed by atoms with van der Waals surface area (Å²) in [6, 6.07) is 11.8. The zero-order valence-electron chi connectivity index (χ0n) is 17.1. The maximum Gasteiger partial charge on any atom is 0.223 e. The lowest BCUT2D eigenvalue weighted by molar-refractivity contribution is -0.127. The van der Waals surface area contributed by atoms with E-state index in [0.717, 1.165) is 31.6 Å². The molecule has 1 aromatic heterocycles. The molecule has 1 N–H and O–H groups in total. The number of rotatable bonds is 6. The third kappa shape index (κ3) is 3.84. The van der Waals surface area contributed by atoms with Gasteiger partial charge in [-0.05, 0) is 18.9 Å². The van der Waals surface area contributed by atoms with Crippen molar-refractivity contribution < 1.29 is 4.79 Å². The van der Waals surface area contributed by atoms with Crippen LogP contribution in [0.1, 0.15) is 43.0 Å². The van der Waals surface area contributed by atoms with E-state index in [2.05, 4.69) is 52.6 Å². The highest BCUT2D eigenvalue weighted by Crippen LogP contribution is 2.36. The zero-order chi connectivity index (χ0) is 19.7. The van der Waals surface area contributed by atoms with Gasteiger partial charge in [-0.25, -0.2) is 0 Å². The van der Waals surface area contributed by atoms with Crippen LogP contribution in [0.2, 0.25) is 0 Å². The van der Waals surface area contributed by atoms with Crippen LogP contribution in [0.25, 0.3) is 0 Å². The second-order valence-electron chi connectivity index (χ2n) is 8.34. The number of benzene rings is 1. The van der Waals surface area contributed by atoms with Gasteiger partial charge in [0.1, 0.15) is 0 Å². The predicted molar refractivity (Wildman–Crippen MR) is 110 cm³/mol. The summed E-state index contributed by atoms with van der Waals surface area (Å²) >= 11 is 0. The van der Waals surface area contributed by atoms with Gasteiger partial charge in [0.25, 0.3) is 0 Å². The molecule has 0 aliphatic carbocycles. The number of hydrogen-bond acceptors (Lipinski definition) is 4. The molecule has 2 aliphatic rings. The summed E-state index contributed by atoms with van der Waals surface area (Å²) in [5, 5.41) is 8.06. The molecular weight excluding hydrogens is 350 g/mol. The zero-order valence-corrected chi connectivity index (χ0v) is 17.1.